The fourth-order valence-corrected chi connectivity index (χ4v) is 4.96. The van der Waals surface area contributed by atoms with Crippen molar-refractivity contribution < 1.29 is 56.7 Å². The minimum atomic E-state index is -4.56. The van der Waals surface area contributed by atoms with Crippen LogP contribution in [0.15, 0.2) is 46.3 Å². The Morgan fingerprint density at radius 3 is 2.10 bits per heavy atom. The van der Waals surface area contributed by atoms with Gasteiger partial charge in [-0.15, -0.1) is 10.2 Å². The number of benzene rings is 2. The van der Waals surface area contributed by atoms with Crippen LogP contribution in [-0.4, -0.2) is 79.1 Å². The van der Waals surface area contributed by atoms with Gasteiger partial charge in [0.05, 0.1) is 21.2 Å². The van der Waals surface area contributed by atoms with Crippen LogP contribution in [-0.2, 0) is 30.5 Å². The predicted molar refractivity (Wildman–Crippen MR) is 188 cm³/mol. The molecule has 1 heterocycles. The van der Waals surface area contributed by atoms with Crippen LogP contribution in [0.4, 0.5) is 13.2 Å². The van der Waals surface area contributed by atoms with Gasteiger partial charge in [0.15, 0.2) is 13.5 Å². The number of carbonyl (C=O) groups excluding carboxylic acids is 1. The second-order valence-corrected chi connectivity index (χ2v) is 15.9. The molecule has 2 unspecified atom stereocenters. The second-order valence-electron chi connectivity index (χ2n) is 11.7. The fraction of sp³-hybridized carbons (Fsp3) is 0.400. The number of esters is 1. The number of thioether (sulfide) groups is 1. The molecule has 0 spiro atoms. The van der Waals surface area contributed by atoms with E-state index in [1.54, 1.807) is 6.26 Å². The highest BCUT2D eigenvalue weighted by atomic mass is 35.5. The highest BCUT2D eigenvalue weighted by molar-refractivity contribution is 7.98. The Bertz CT molecular complexity index is 1860. The van der Waals surface area contributed by atoms with E-state index < -0.39 is 49.2 Å². The Labute approximate surface area is 309 Å². The molecule has 3 atom stereocenters. The molecular weight excluding hydrogens is 781 g/mol. The molecule has 2 aromatic carbocycles. The normalized spacial score (nSPS) is 13.6. The molecule has 0 saturated heterocycles. The Morgan fingerprint density at radius 1 is 1.04 bits per heavy atom. The summed E-state index contributed by atoms with van der Waals surface area (Å²) in [6, 6.07) is 5.30. The molecule has 7 N–H and O–H groups in total. The Morgan fingerprint density at radius 2 is 1.63 bits per heavy atom. The molecule has 52 heavy (non-hydrogen) atoms. The van der Waals surface area contributed by atoms with Crippen LogP contribution in [0.5, 0.6) is 11.5 Å². The van der Waals surface area contributed by atoms with Crippen molar-refractivity contribution >= 4 is 60.2 Å². The Hall–Kier alpha value is -3.87. The molecule has 0 aliphatic carbocycles. The molecular formula is C30H37Cl2F3N5O10PS. The van der Waals surface area contributed by atoms with Gasteiger partial charge in [-0.2, -0.15) is 17.8 Å². The number of carbonyl (C=O) groups is 3. The highest BCUT2D eigenvalue weighted by Gasteiger charge is 2.31. The number of alkyl halides is 3. The predicted octanol–water partition coefficient (Wildman–Crippen LogP) is 5.49. The van der Waals surface area contributed by atoms with Crippen LogP contribution in [0.25, 0.3) is 0 Å². The molecule has 22 heteroatoms. The zero-order chi connectivity index (χ0) is 40.4. The van der Waals surface area contributed by atoms with Crippen molar-refractivity contribution in [2.24, 2.45) is 5.73 Å². The minimum absolute atomic E-state index is 0.0246. The third-order valence-electron chi connectivity index (χ3n) is 6.20. The van der Waals surface area contributed by atoms with Gasteiger partial charge >= 0.3 is 24.1 Å². The van der Waals surface area contributed by atoms with Gasteiger partial charge in [-0.1, -0.05) is 55.7 Å². The topological polar surface area (TPSA) is 247 Å². The summed E-state index contributed by atoms with van der Waals surface area (Å²) in [6.07, 6.45) is -4.16. The average Bonchev–Trinajstić information content (AvgIpc) is 3.01. The first kappa shape index (κ1) is 46.2. The zero-order valence-electron chi connectivity index (χ0n) is 28.5. The first-order valence-corrected chi connectivity index (χ1v) is 18.8. The molecule has 0 radical (unpaired) electrons. The van der Waals surface area contributed by atoms with Gasteiger partial charge in [0.25, 0.3) is 5.56 Å². The third-order valence-corrected chi connectivity index (χ3v) is 8.56. The number of nitrogens with zero attached hydrogens (tertiary/aromatic N) is 3. The second kappa shape index (κ2) is 19.3. The lowest BCUT2D eigenvalue weighted by molar-refractivity contribution is -0.146. The maximum Gasteiger partial charge on any atom is 0.416 e. The lowest BCUT2D eigenvalue weighted by atomic mass is 9.93. The molecule has 0 saturated carbocycles. The van der Waals surface area contributed by atoms with Crippen molar-refractivity contribution in [1.82, 2.24) is 14.9 Å². The molecule has 0 amide bonds. The largest absolute Gasteiger partial charge is 0.480 e. The van der Waals surface area contributed by atoms with Gasteiger partial charge in [-0.25, -0.2) is 9.59 Å². The number of carboxylic acids is 2. The van der Waals surface area contributed by atoms with E-state index in [1.165, 1.54) is 30.6 Å². The first-order valence-electron chi connectivity index (χ1n) is 14.5. The minimum Gasteiger partial charge on any atom is -0.480 e. The number of aromatic nitrogens is 3. The van der Waals surface area contributed by atoms with E-state index in [-0.39, 0.29) is 50.7 Å². The van der Waals surface area contributed by atoms with Crippen molar-refractivity contribution in [3.05, 3.63) is 73.6 Å². The van der Waals surface area contributed by atoms with Crippen LogP contribution < -0.4 is 21.9 Å². The summed E-state index contributed by atoms with van der Waals surface area (Å²) in [5.74, 6) is 2.05. The van der Waals surface area contributed by atoms with Crippen LogP contribution in [0.3, 0.4) is 0 Å². The van der Waals surface area contributed by atoms with Crippen LogP contribution in [0.1, 0.15) is 55.7 Å². The van der Waals surface area contributed by atoms with Crippen LogP contribution in [0, 0.1) is 0 Å². The summed E-state index contributed by atoms with van der Waals surface area (Å²) in [7, 11) is -3.10. The van der Waals surface area contributed by atoms with Gasteiger partial charge in [0, 0.05) is 18.2 Å². The molecule has 0 aliphatic rings. The number of hydrogen-bond acceptors (Lipinski definition) is 12. The van der Waals surface area contributed by atoms with Crippen molar-refractivity contribution in [1.29, 1.82) is 0 Å². The SMILES string of the molecule is CP(=O)(O)CCC(N)C(=O)O.CSc1nnc(C(C)(C)C)c(=O)n1N.C[C@H](OC(=O)c1cc(Oc2ccc(C(F)(F)F)cc2Cl)ccc1Cl)C(=O)O. The molecule has 0 bridgehead atoms. The summed E-state index contributed by atoms with van der Waals surface area (Å²) in [4.78, 5) is 53.4. The standard InChI is InChI=1S/C17H11Cl2F3O5.C8H14N4OS.C5H12NO4P/c1-8(15(23)24)26-16(25)11-7-10(3-4-12(11)18)27-14-5-2-9(6-13(14)19)17(20,21)22;1-8(2,3)5-6(13)12(9)7(14-4)11-10-5;1-11(9,10)3-2-4(6)5(7)8/h2-8H,1H3,(H,23,24);9H2,1-4H3;4H,2-3,6H2,1H3,(H,7,8)(H,9,10)/t8-;;/m0../s1. The van der Waals surface area contributed by atoms with Crippen molar-refractivity contribution in [3.8, 4) is 11.5 Å². The van der Waals surface area contributed by atoms with E-state index in [2.05, 4.69) is 10.2 Å². The van der Waals surface area contributed by atoms with Crippen molar-refractivity contribution in [3.63, 3.8) is 0 Å². The smallest absolute Gasteiger partial charge is 0.416 e. The van der Waals surface area contributed by atoms with Crippen molar-refractivity contribution in [2.45, 2.75) is 63.0 Å². The number of nitrogen functional groups attached to an aromatic ring is 1. The molecule has 1 aromatic heterocycles. The average molecular weight is 819 g/mol. The van der Waals surface area contributed by atoms with Gasteiger partial charge in [-0.3, -0.25) is 14.2 Å². The van der Waals surface area contributed by atoms with E-state index in [4.69, 9.17) is 59.4 Å². The summed E-state index contributed by atoms with van der Waals surface area (Å²) in [5.41, 5.74) is 3.75. The van der Waals surface area contributed by atoms with E-state index >= 15 is 0 Å². The summed E-state index contributed by atoms with van der Waals surface area (Å²) >= 11 is 13.0. The van der Waals surface area contributed by atoms with Gasteiger partial charge in [0.1, 0.15) is 23.2 Å². The number of nitrogens with two attached hydrogens (primary N) is 2. The summed E-state index contributed by atoms with van der Waals surface area (Å²) in [5, 5.41) is 24.9. The number of aliphatic carboxylic acids is 2. The molecule has 15 nitrogen and oxygen atoms in total. The molecule has 3 rings (SSSR count). The van der Waals surface area contributed by atoms with E-state index in [9.17, 15) is 36.9 Å². The van der Waals surface area contributed by atoms with Gasteiger partial charge in [-0.05, 0) is 56.0 Å². The van der Waals surface area contributed by atoms with Crippen molar-refractivity contribution in [2.75, 3.05) is 24.9 Å². The lowest BCUT2D eigenvalue weighted by Crippen LogP contribution is -2.37. The summed E-state index contributed by atoms with van der Waals surface area (Å²) in [6.45, 7) is 8.05. The number of ether oxygens (including phenoxy) is 2. The number of hydrogen-bond donors (Lipinski definition) is 5. The quantitative estimate of drug-likeness (QED) is 0.0734. The highest BCUT2D eigenvalue weighted by Crippen LogP contribution is 2.37. The van der Waals surface area contributed by atoms with E-state index in [1.807, 2.05) is 20.8 Å². The zero-order valence-corrected chi connectivity index (χ0v) is 31.7. The maximum atomic E-state index is 12.7. The number of rotatable bonds is 10. The lowest BCUT2D eigenvalue weighted by Gasteiger charge is -2.16. The number of halogens is 5. The van der Waals surface area contributed by atoms with Crippen LogP contribution in [0.2, 0.25) is 10.0 Å². The summed E-state index contributed by atoms with van der Waals surface area (Å²) < 4.78 is 59.8. The maximum absolute atomic E-state index is 12.7. The van der Waals surface area contributed by atoms with Gasteiger partial charge in [0.2, 0.25) is 5.16 Å². The van der Waals surface area contributed by atoms with E-state index in [0.29, 0.717) is 16.9 Å². The molecule has 0 fully saturated rings. The fourth-order valence-electron chi connectivity index (χ4n) is 3.38. The molecule has 0 aliphatic heterocycles. The monoisotopic (exact) mass is 817 g/mol. The first-order chi connectivity index (χ1) is 23.7. The Balaban J connectivity index is 0.000000450. The van der Waals surface area contributed by atoms with Crippen LogP contribution >= 0.6 is 42.3 Å². The van der Waals surface area contributed by atoms with E-state index in [0.717, 1.165) is 29.8 Å². The number of carboxylic acid groups (broad SMARTS) is 2. The third kappa shape index (κ3) is 15.0. The Kier molecular flexibility index (Phi) is 17.1. The molecule has 3 aromatic rings. The van der Waals surface area contributed by atoms with Gasteiger partial charge < -0.3 is 36.2 Å². The molecule has 288 valence electrons.